The minimum absolute atomic E-state index is 0.229. The number of primary amides is 1. The summed E-state index contributed by atoms with van der Waals surface area (Å²) in [5, 5.41) is 12.5. The topological polar surface area (TPSA) is 101 Å². The highest BCUT2D eigenvalue weighted by Crippen LogP contribution is 2.23. The fourth-order valence-corrected chi connectivity index (χ4v) is 1.59. The van der Waals surface area contributed by atoms with E-state index in [-0.39, 0.29) is 10.6 Å². The number of rotatable bonds is 5. The van der Waals surface area contributed by atoms with Crippen LogP contribution in [-0.2, 0) is 0 Å². The number of hydrogen-bond donors (Lipinski definition) is 4. The number of nitrogens with two attached hydrogens (primary N) is 2. The number of aliphatic hydroxyl groups is 1. The Morgan fingerprint density at radius 3 is 2.76 bits per heavy atom. The average Bonchev–Trinajstić information content (AvgIpc) is 2.24. The van der Waals surface area contributed by atoms with E-state index in [2.05, 4.69) is 5.32 Å². The van der Waals surface area contributed by atoms with Gasteiger partial charge in [0.15, 0.2) is 0 Å². The van der Waals surface area contributed by atoms with Crippen LogP contribution in [0, 0.1) is 0 Å². The molecule has 0 aliphatic carbocycles. The Hall–Kier alpha value is -1.30. The van der Waals surface area contributed by atoms with Crippen molar-refractivity contribution in [3.05, 3.63) is 28.8 Å². The van der Waals surface area contributed by atoms with E-state index in [9.17, 15) is 9.90 Å². The Morgan fingerprint density at radius 2 is 2.24 bits per heavy atom. The standard InChI is InChI=1S/C11H16ClN3O2/c1-6(16)8(13)5-15-9-4-2-3-7(12)10(9)11(14)17/h2-4,6,8,15-16H,5,13H2,1H3,(H2,14,17). The molecule has 2 atom stereocenters. The van der Waals surface area contributed by atoms with Gasteiger partial charge in [0.2, 0.25) is 0 Å². The summed E-state index contributed by atoms with van der Waals surface area (Å²) >= 11 is 5.88. The number of aliphatic hydroxyl groups excluding tert-OH is 1. The minimum atomic E-state index is -0.640. The molecule has 0 aromatic heterocycles. The Balaban J connectivity index is 2.84. The number of halogens is 1. The number of carbonyl (C=O) groups is 1. The molecule has 0 radical (unpaired) electrons. The van der Waals surface area contributed by atoms with Crippen LogP contribution in [0.1, 0.15) is 17.3 Å². The van der Waals surface area contributed by atoms with Crippen molar-refractivity contribution >= 4 is 23.2 Å². The minimum Gasteiger partial charge on any atom is -0.392 e. The van der Waals surface area contributed by atoms with Gasteiger partial charge in [0.05, 0.1) is 16.7 Å². The van der Waals surface area contributed by atoms with E-state index in [1.54, 1.807) is 25.1 Å². The predicted molar refractivity (Wildman–Crippen MR) is 68.1 cm³/mol. The van der Waals surface area contributed by atoms with Crippen LogP contribution >= 0.6 is 11.6 Å². The normalized spacial score (nSPS) is 14.1. The Kier molecular flexibility index (Phi) is 4.74. The maximum atomic E-state index is 11.2. The third-order valence-electron chi connectivity index (χ3n) is 2.41. The first kappa shape index (κ1) is 13.8. The largest absolute Gasteiger partial charge is 0.392 e. The van der Waals surface area contributed by atoms with E-state index < -0.39 is 18.1 Å². The van der Waals surface area contributed by atoms with Crippen LogP contribution in [0.15, 0.2) is 18.2 Å². The smallest absolute Gasteiger partial charge is 0.252 e. The second-order valence-electron chi connectivity index (χ2n) is 3.81. The van der Waals surface area contributed by atoms with Crippen molar-refractivity contribution in [3.63, 3.8) is 0 Å². The molecule has 0 aliphatic heterocycles. The summed E-state index contributed by atoms with van der Waals surface area (Å²) in [6, 6.07) is 4.53. The summed E-state index contributed by atoms with van der Waals surface area (Å²) < 4.78 is 0. The van der Waals surface area contributed by atoms with Crippen molar-refractivity contribution in [1.29, 1.82) is 0 Å². The van der Waals surface area contributed by atoms with Crippen molar-refractivity contribution in [1.82, 2.24) is 0 Å². The fraction of sp³-hybridized carbons (Fsp3) is 0.364. The number of nitrogens with one attached hydrogen (secondary N) is 1. The van der Waals surface area contributed by atoms with Crippen LogP contribution < -0.4 is 16.8 Å². The van der Waals surface area contributed by atoms with Gasteiger partial charge in [-0.25, -0.2) is 0 Å². The first-order valence-corrected chi connectivity index (χ1v) is 5.57. The molecular formula is C11H16ClN3O2. The maximum Gasteiger partial charge on any atom is 0.252 e. The molecule has 0 bridgehead atoms. The Morgan fingerprint density at radius 1 is 1.59 bits per heavy atom. The highest BCUT2D eigenvalue weighted by Gasteiger charge is 2.14. The molecule has 0 saturated carbocycles. The molecule has 0 spiro atoms. The molecule has 0 fully saturated rings. The third-order valence-corrected chi connectivity index (χ3v) is 2.72. The molecule has 6 N–H and O–H groups in total. The van der Waals surface area contributed by atoms with Crippen LogP contribution in [0.3, 0.4) is 0 Å². The molecule has 1 aromatic carbocycles. The second-order valence-corrected chi connectivity index (χ2v) is 4.22. The Labute approximate surface area is 105 Å². The molecule has 94 valence electrons. The SMILES string of the molecule is CC(O)C(N)CNc1cccc(Cl)c1C(N)=O. The van der Waals surface area contributed by atoms with Crippen LogP contribution in [0.4, 0.5) is 5.69 Å². The lowest BCUT2D eigenvalue weighted by Crippen LogP contribution is -2.39. The molecule has 1 rings (SSSR count). The van der Waals surface area contributed by atoms with Gasteiger partial charge < -0.3 is 21.9 Å². The Bertz CT molecular complexity index is 410. The maximum absolute atomic E-state index is 11.2. The van der Waals surface area contributed by atoms with Gasteiger partial charge in [0.1, 0.15) is 0 Å². The quantitative estimate of drug-likeness (QED) is 0.619. The molecule has 1 aromatic rings. The van der Waals surface area contributed by atoms with Crippen molar-refractivity contribution in [2.75, 3.05) is 11.9 Å². The molecule has 2 unspecified atom stereocenters. The van der Waals surface area contributed by atoms with Crippen LogP contribution in [0.2, 0.25) is 5.02 Å². The lowest BCUT2D eigenvalue weighted by atomic mass is 10.1. The summed E-state index contributed by atoms with van der Waals surface area (Å²) in [6.07, 6.45) is -0.640. The van der Waals surface area contributed by atoms with E-state index in [4.69, 9.17) is 23.1 Å². The van der Waals surface area contributed by atoms with Crippen molar-refractivity contribution in [3.8, 4) is 0 Å². The fourth-order valence-electron chi connectivity index (χ4n) is 1.32. The number of hydrogen-bond acceptors (Lipinski definition) is 4. The molecule has 17 heavy (non-hydrogen) atoms. The van der Waals surface area contributed by atoms with Crippen molar-refractivity contribution in [2.24, 2.45) is 11.5 Å². The molecular weight excluding hydrogens is 242 g/mol. The van der Waals surface area contributed by atoms with E-state index in [0.717, 1.165) is 0 Å². The molecule has 6 heteroatoms. The highest BCUT2D eigenvalue weighted by molar-refractivity contribution is 6.34. The van der Waals surface area contributed by atoms with Crippen molar-refractivity contribution < 1.29 is 9.90 Å². The van der Waals surface area contributed by atoms with E-state index in [1.165, 1.54) is 0 Å². The van der Waals surface area contributed by atoms with Crippen LogP contribution in [0.25, 0.3) is 0 Å². The zero-order chi connectivity index (χ0) is 13.0. The van der Waals surface area contributed by atoms with E-state index in [0.29, 0.717) is 12.2 Å². The number of benzene rings is 1. The molecule has 0 heterocycles. The molecule has 0 aliphatic rings. The average molecular weight is 258 g/mol. The van der Waals surface area contributed by atoms with Crippen LogP contribution in [0.5, 0.6) is 0 Å². The number of carbonyl (C=O) groups excluding carboxylic acids is 1. The van der Waals surface area contributed by atoms with Gasteiger partial charge in [-0.1, -0.05) is 17.7 Å². The van der Waals surface area contributed by atoms with Gasteiger partial charge in [0.25, 0.3) is 5.91 Å². The van der Waals surface area contributed by atoms with Gasteiger partial charge in [-0.3, -0.25) is 4.79 Å². The first-order chi connectivity index (χ1) is 7.93. The zero-order valence-corrected chi connectivity index (χ0v) is 10.2. The summed E-state index contributed by atoms with van der Waals surface area (Å²) in [7, 11) is 0. The number of amides is 1. The second kappa shape index (κ2) is 5.86. The molecule has 1 amide bonds. The molecule has 5 nitrogen and oxygen atoms in total. The first-order valence-electron chi connectivity index (χ1n) is 5.19. The lowest BCUT2D eigenvalue weighted by molar-refractivity contribution is 0.100. The van der Waals surface area contributed by atoms with Crippen molar-refractivity contribution in [2.45, 2.75) is 19.1 Å². The van der Waals surface area contributed by atoms with E-state index >= 15 is 0 Å². The summed E-state index contributed by atoms with van der Waals surface area (Å²) in [4.78, 5) is 11.2. The zero-order valence-electron chi connectivity index (χ0n) is 9.48. The monoisotopic (exact) mass is 257 g/mol. The third kappa shape index (κ3) is 3.59. The summed E-state index contributed by atoms with van der Waals surface area (Å²) in [5.41, 5.74) is 11.6. The van der Waals surface area contributed by atoms with Gasteiger partial charge in [-0.2, -0.15) is 0 Å². The van der Waals surface area contributed by atoms with E-state index in [1.807, 2.05) is 0 Å². The predicted octanol–water partition coefficient (Wildman–Crippen LogP) is 0.559. The van der Waals surface area contributed by atoms with Crippen LogP contribution in [-0.4, -0.2) is 29.7 Å². The molecule has 0 saturated heterocycles. The summed E-state index contributed by atoms with van der Waals surface area (Å²) in [5.74, 6) is -0.608. The summed E-state index contributed by atoms with van der Waals surface area (Å²) in [6.45, 7) is 1.91. The number of anilines is 1. The highest BCUT2D eigenvalue weighted by atomic mass is 35.5. The van der Waals surface area contributed by atoms with Gasteiger partial charge in [0, 0.05) is 18.3 Å². The van der Waals surface area contributed by atoms with Gasteiger partial charge in [-0.05, 0) is 19.1 Å². The van der Waals surface area contributed by atoms with Gasteiger partial charge >= 0.3 is 0 Å². The lowest BCUT2D eigenvalue weighted by Gasteiger charge is -2.17. The van der Waals surface area contributed by atoms with Gasteiger partial charge in [-0.15, -0.1) is 0 Å².